The number of nitrogens with zero attached hydrogens (tertiary/aromatic N) is 1. The van der Waals surface area contributed by atoms with E-state index in [1.165, 1.54) is 35.5 Å². The summed E-state index contributed by atoms with van der Waals surface area (Å²) in [6.07, 6.45) is 5.91. The van der Waals surface area contributed by atoms with Gasteiger partial charge in [-0.1, -0.05) is 31.4 Å². The van der Waals surface area contributed by atoms with Gasteiger partial charge in [0, 0.05) is 5.25 Å². The van der Waals surface area contributed by atoms with Crippen LogP contribution in [0.25, 0.3) is 0 Å². The number of carbonyl (C=O) groups is 2. The Bertz CT molecular complexity index is 468. The van der Waals surface area contributed by atoms with E-state index in [1.807, 2.05) is 0 Å². The SMILES string of the molecule is O=C1c2ccccc2C(=O)N1SC1CCCCC1.[O-2].[Zn+2]. The standard InChI is InChI=1S/C14H15NO2S.O.Zn/c16-13-11-8-4-5-9-12(11)14(17)15(13)18-10-6-2-1-3-7-10;;/h4-5,8-10H,1-3,6-7H2;;/q;-2;+2. The van der Waals surface area contributed by atoms with Gasteiger partial charge in [-0.25, -0.2) is 4.31 Å². The Morgan fingerprint density at radius 2 is 1.45 bits per heavy atom. The molecule has 0 N–H and O–H groups in total. The molecule has 3 rings (SSSR count). The van der Waals surface area contributed by atoms with E-state index in [0.29, 0.717) is 16.4 Å². The zero-order chi connectivity index (χ0) is 12.5. The van der Waals surface area contributed by atoms with Gasteiger partial charge in [0.1, 0.15) is 0 Å². The number of amides is 2. The zero-order valence-corrected chi connectivity index (χ0v) is 15.0. The molecule has 0 radical (unpaired) electrons. The molecule has 1 heterocycles. The monoisotopic (exact) mass is 341 g/mol. The molecular formula is C14H15NO3SZn. The van der Waals surface area contributed by atoms with Gasteiger partial charge in [0.15, 0.2) is 0 Å². The van der Waals surface area contributed by atoms with E-state index in [2.05, 4.69) is 0 Å². The molecule has 2 aliphatic rings. The number of imide groups is 1. The van der Waals surface area contributed by atoms with Crippen molar-refractivity contribution < 1.29 is 34.5 Å². The molecule has 0 unspecified atom stereocenters. The second-order valence-electron chi connectivity index (χ2n) is 4.82. The molecular weight excluding hydrogens is 328 g/mol. The molecule has 0 spiro atoms. The van der Waals surface area contributed by atoms with Crippen molar-refractivity contribution in [2.24, 2.45) is 0 Å². The fourth-order valence-corrected chi connectivity index (χ4v) is 3.81. The maximum Gasteiger partial charge on any atom is 2.00 e. The van der Waals surface area contributed by atoms with Gasteiger partial charge in [-0.2, -0.15) is 0 Å². The predicted molar refractivity (Wildman–Crippen MR) is 72.1 cm³/mol. The van der Waals surface area contributed by atoms with E-state index in [1.54, 1.807) is 24.3 Å². The molecule has 0 aromatic heterocycles. The molecule has 2 amide bonds. The molecule has 20 heavy (non-hydrogen) atoms. The van der Waals surface area contributed by atoms with Gasteiger partial charge in [0.05, 0.1) is 11.1 Å². The average Bonchev–Trinajstić information content (AvgIpc) is 2.66. The van der Waals surface area contributed by atoms with E-state index >= 15 is 0 Å². The number of benzene rings is 1. The Hall–Kier alpha value is -0.707. The Kier molecular flexibility index (Phi) is 6.37. The number of carbonyl (C=O) groups excluding carboxylic acids is 2. The fraction of sp³-hybridized carbons (Fsp3) is 0.429. The van der Waals surface area contributed by atoms with Crippen LogP contribution in [0.5, 0.6) is 0 Å². The number of rotatable bonds is 2. The summed E-state index contributed by atoms with van der Waals surface area (Å²) in [5, 5.41) is 0.418. The van der Waals surface area contributed by atoms with Crippen LogP contribution in [-0.2, 0) is 25.0 Å². The van der Waals surface area contributed by atoms with Crippen molar-refractivity contribution in [3.8, 4) is 0 Å². The maximum absolute atomic E-state index is 12.2. The van der Waals surface area contributed by atoms with Crippen LogP contribution in [-0.4, -0.2) is 21.4 Å². The summed E-state index contributed by atoms with van der Waals surface area (Å²) >= 11 is 1.44. The Morgan fingerprint density at radius 1 is 0.950 bits per heavy atom. The van der Waals surface area contributed by atoms with Crippen LogP contribution in [0, 0.1) is 0 Å². The summed E-state index contributed by atoms with van der Waals surface area (Å²) in [4.78, 5) is 24.3. The minimum atomic E-state index is -0.147. The third kappa shape index (κ3) is 3.13. The van der Waals surface area contributed by atoms with Crippen molar-refractivity contribution in [2.75, 3.05) is 0 Å². The molecule has 1 fully saturated rings. The van der Waals surface area contributed by atoms with Crippen molar-refractivity contribution >= 4 is 23.8 Å². The van der Waals surface area contributed by atoms with Gasteiger partial charge in [0.25, 0.3) is 11.8 Å². The van der Waals surface area contributed by atoms with Crippen LogP contribution in [0.3, 0.4) is 0 Å². The van der Waals surface area contributed by atoms with Crippen LogP contribution in [0.1, 0.15) is 52.8 Å². The molecule has 6 heteroatoms. The maximum atomic E-state index is 12.2. The number of hydrogen-bond donors (Lipinski definition) is 0. The minimum Gasteiger partial charge on any atom is -2.00 e. The van der Waals surface area contributed by atoms with Gasteiger partial charge in [-0.3, -0.25) is 9.59 Å². The molecule has 1 saturated carbocycles. The second-order valence-corrected chi connectivity index (χ2v) is 6.06. The van der Waals surface area contributed by atoms with E-state index < -0.39 is 0 Å². The van der Waals surface area contributed by atoms with Gasteiger partial charge in [0.2, 0.25) is 0 Å². The zero-order valence-electron chi connectivity index (χ0n) is 11.2. The normalized spacial score (nSPS) is 18.3. The summed E-state index contributed by atoms with van der Waals surface area (Å²) in [6, 6.07) is 7.07. The van der Waals surface area contributed by atoms with Crippen molar-refractivity contribution in [3.05, 3.63) is 35.4 Å². The first-order valence-electron chi connectivity index (χ1n) is 6.42. The van der Waals surface area contributed by atoms with Gasteiger partial charge in [-0.05, 0) is 36.9 Å². The third-order valence-corrected chi connectivity index (χ3v) is 4.88. The van der Waals surface area contributed by atoms with Crippen LogP contribution < -0.4 is 0 Å². The quantitative estimate of drug-likeness (QED) is 0.471. The van der Waals surface area contributed by atoms with Crippen molar-refractivity contribution in [2.45, 2.75) is 37.4 Å². The van der Waals surface area contributed by atoms with Crippen LogP contribution in [0.2, 0.25) is 0 Å². The Morgan fingerprint density at radius 3 is 1.95 bits per heavy atom. The molecule has 1 aliphatic heterocycles. The summed E-state index contributed by atoms with van der Waals surface area (Å²) in [7, 11) is 0. The smallest absolute Gasteiger partial charge is 2.00 e. The topological polar surface area (TPSA) is 65.9 Å². The van der Waals surface area contributed by atoms with E-state index in [0.717, 1.165) is 12.8 Å². The third-order valence-electron chi connectivity index (χ3n) is 3.56. The number of fused-ring (bicyclic) bond motifs is 1. The van der Waals surface area contributed by atoms with Crippen LogP contribution in [0.15, 0.2) is 24.3 Å². The Balaban J connectivity index is 0.000001000. The molecule has 0 atom stereocenters. The molecule has 0 saturated heterocycles. The number of hydrogen-bond acceptors (Lipinski definition) is 3. The van der Waals surface area contributed by atoms with E-state index in [9.17, 15) is 9.59 Å². The molecule has 1 aromatic rings. The summed E-state index contributed by atoms with van der Waals surface area (Å²) < 4.78 is 1.36. The van der Waals surface area contributed by atoms with E-state index in [-0.39, 0.29) is 36.8 Å². The first-order valence-corrected chi connectivity index (χ1v) is 7.25. The van der Waals surface area contributed by atoms with Crippen molar-refractivity contribution in [3.63, 3.8) is 0 Å². The summed E-state index contributed by atoms with van der Waals surface area (Å²) in [6.45, 7) is 0. The van der Waals surface area contributed by atoms with Crippen LogP contribution >= 0.6 is 11.9 Å². The molecule has 4 nitrogen and oxygen atoms in total. The minimum absolute atomic E-state index is 0. The molecule has 1 aromatic carbocycles. The summed E-state index contributed by atoms with van der Waals surface area (Å²) in [5.74, 6) is -0.294. The van der Waals surface area contributed by atoms with E-state index in [4.69, 9.17) is 0 Å². The molecule has 1 aliphatic carbocycles. The molecule has 0 bridgehead atoms. The fourth-order valence-electron chi connectivity index (χ4n) is 2.58. The van der Waals surface area contributed by atoms with Gasteiger partial charge in [-0.15, -0.1) is 0 Å². The average molecular weight is 343 g/mol. The first-order chi connectivity index (χ1) is 8.77. The first kappa shape index (κ1) is 17.3. The van der Waals surface area contributed by atoms with Crippen molar-refractivity contribution in [1.29, 1.82) is 0 Å². The second kappa shape index (κ2) is 7.34. The predicted octanol–water partition coefficient (Wildman–Crippen LogP) is 3.14. The van der Waals surface area contributed by atoms with Gasteiger partial charge >= 0.3 is 19.5 Å². The summed E-state index contributed by atoms with van der Waals surface area (Å²) in [5.41, 5.74) is 1.09. The van der Waals surface area contributed by atoms with Crippen LogP contribution in [0.4, 0.5) is 0 Å². The largest absolute Gasteiger partial charge is 2.00 e. The Labute approximate surface area is 135 Å². The van der Waals surface area contributed by atoms with Crippen molar-refractivity contribution in [1.82, 2.24) is 4.31 Å². The van der Waals surface area contributed by atoms with Gasteiger partial charge < -0.3 is 5.48 Å². The molecule has 102 valence electrons.